The molecule has 0 fully saturated rings. The molecule has 2 aromatic heterocycles. The van der Waals surface area contributed by atoms with Crippen LogP contribution >= 0.6 is 0 Å². The van der Waals surface area contributed by atoms with Crippen LogP contribution in [0.25, 0.3) is 0 Å². The first-order valence-electron chi connectivity index (χ1n) is 5.77. The normalized spacial score (nSPS) is 10.4. The Morgan fingerprint density at radius 2 is 2.24 bits per heavy atom. The first-order valence-corrected chi connectivity index (χ1v) is 5.77. The van der Waals surface area contributed by atoms with Gasteiger partial charge in [0, 0.05) is 36.9 Å². The molecule has 0 radical (unpaired) electrons. The van der Waals surface area contributed by atoms with Crippen molar-refractivity contribution in [3.63, 3.8) is 0 Å². The van der Waals surface area contributed by atoms with Gasteiger partial charge in [0.05, 0.1) is 6.61 Å². The van der Waals surface area contributed by atoms with Crippen LogP contribution in [0.2, 0.25) is 0 Å². The summed E-state index contributed by atoms with van der Waals surface area (Å²) in [5, 5.41) is 0. The molecule has 0 saturated carbocycles. The van der Waals surface area contributed by atoms with E-state index in [1.807, 2.05) is 41.4 Å². The number of nitrogens with zero attached hydrogens (tertiary/aromatic N) is 2. The minimum Gasteiger partial charge on any atom is -0.478 e. The number of pyridine rings is 1. The molecule has 0 aromatic carbocycles. The molecule has 90 valence electrons. The molecule has 2 rings (SSSR count). The van der Waals surface area contributed by atoms with Crippen LogP contribution in [0.15, 0.2) is 36.8 Å². The summed E-state index contributed by atoms with van der Waals surface area (Å²) < 4.78 is 7.45. The van der Waals surface area contributed by atoms with Gasteiger partial charge < -0.3 is 15.0 Å². The molecular formula is C13H17N3O. The predicted molar refractivity (Wildman–Crippen MR) is 68.0 cm³/mol. The maximum Gasteiger partial charge on any atom is 0.213 e. The van der Waals surface area contributed by atoms with E-state index in [-0.39, 0.29) is 0 Å². The van der Waals surface area contributed by atoms with Gasteiger partial charge in [-0.2, -0.15) is 0 Å². The first-order chi connectivity index (χ1) is 8.28. The molecule has 0 aliphatic carbocycles. The van der Waals surface area contributed by atoms with E-state index in [1.165, 1.54) is 0 Å². The Hall–Kier alpha value is -1.97. The Morgan fingerprint density at radius 3 is 2.82 bits per heavy atom. The Morgan fingerprint density at radius 1 is 1.35 bits per heavy atom. The lowest BCUT2D eigenvalue weighted by Gasteiger charge is -2.05. The molecule has 2 aromatic rings. The lowest BCUT2D eigenvalue weighted by molar-refractivity contribution is 0.305. The van der Waals surface area contributed by atoms with Gasteiger partial charge in [-0.15, -0.1) is 0 Å². The summed E-state index contributed by atoms with van der Waals surface area (Å²) in [6, 6.07) is 5.80. The van der Waals surface area contributed by atoms with Crippen molar-refractivity contribution in [2.24, 2.45) is 0 Å². The third-order valence-electron chi connectivity index (χ3n) is 2.39. The van der Waals surface area contributed by atoms with Crippen LogP contribution in [0.4, 0.5) is 5.69 Å². The predicted octanol–water partition coefficient (Wildman–Crippen LogP) is 2.30. The van der Waals surface area contributed by atoms with Crippen molar-refractivity contribution in [3.05, 3.63) is 42.4 Å². The maximum absolute atomic E-state index is 5.65. The second-order valence-corrected chi connectivity index (χ2v) is 3.97. The molecule has 4 nitrogen and oxygen atoms in total. The summed E-state index contributed by atoms with van der Waals surface area (Å²) in [5.74, 6) is 0.683. The topological polar surface area (TPSA) is 53.1 Å². The van der Waals surface area contributed by atoms with E-state index >= 15 is 0 Å². The maximum atomic E-state index is 5.65. The largest absolute Gasteiger partial charge is 0.478 e. The minimum atomic E-state index is 0.683. The van der Waals surface area contributed by atoms with Gasteiger partial charge in [-0.05, 0) is 18.1 Å². The van der Waals surface area contributed by atoms with E-state index in [9.17, 15) is 0 Å². The molecule has 0 saturated heterocycles. The summed E-state index contributed by atoms with van der Waals surface area (Å²) in [5.41, 5.74) is 7.56. The zero-order valence-corrected chi connectivity index (χ0v) is 9.97. The lowest BCUT2D eigenvalue weighted by Crippen LogP contribution is -2.00. The highest BCUT2D eigenvalue weighted by Crippen LogP contribution is 2.10. The number of hydrogen-bond donors (Lipinski definition) is 1. The van der Waals surface area contributed by atoms with Crippen molar-refractivity contribution < 1.29 is 4.74 Å². The number of hydrogen-bond acceptors (Lipinski definition) is 3. The summed E-state index contributed by atoms with van der Waals surface area (Å²) in [4.78, 5) is 4.25. The van der Waals surface area contributed by atoms with Crippen LogP contribution in [-0.4, -0.2) is 16.2 Å². The van der Waals surface area contributed by atoms with Crippen LogP contribution in [0.3, 0.4) is 0 Å². The molecular weight excluding hydrogens is 214 g/mol. The van der Waals surface area contributed by atoms with Crippen molar-refractivity contribution in [2.45, 2.75) is 19.9 Å². The number of anilines is 1. The third-order valence-corrected chi connectivity index (χ3v) is 2.39. The smallest absolute Gasteiger partial charge is 0.213 e. The lowest BCUT2D eigenvalue weighted by atomic mass is 10.3. The fraction of sp³-hybridized carbons (Fsp3) is 0.308. The molecule has 0 spiro atoms. The standard InChI is InChI=1S/C13H17N3O/c1-2-7-17-13-4-3-11(8-15-13)9-16-6-5-12(14)10-16/h3-6,8,10H,2,7,9,14H2,1H3. The number of aromatic nitrogens is 2. The molecule has 2 N–H and O–H groups in total. The molecule has 0 aliphatic rings. The fourth-order valence-electron chi connectivity index (χ4n) is 1.56. The Labute approximate surface area is 101 Å². The molecule has 4 heteroatoms. The number of nitrogen functional groups attached to an aromatic ring is 1. The van der Waals surface area contributed by atoms with Gasteiger partial charge in [-0.25, -0.2) is 4.98 Å². The molecule has 0 atom stereocenters. The van der Waals surface area contributed by atoms with Gasteiger partial charge in [0.1, 0.15) is 0 Å². The highest BCUT2D eigenvalue weighted by molar-refractivity contribution is 5.34. The van der Waals surface area contributed by atoms with Crippen LogP contribution in [0, 0.1) is 0 Å². The Balaban J connectivity index is 1.98. The van der Waals surface area contributed by atoms with Crippen molar-refractivity contribution >= 4 is 5.69 Å². The Bertz CT molecular complexity index is 462. The average molecular weight is 231 g/mol. The second kappa shape index (κ2) is 5.39. The molecule has 0 bridgehead atoms. The van der Waals surface area contributed by atoms with Crippen LogP contribution < -0.4 is 10.5 Å². The van der Waals surface area contributed by atoms with Gasteiger partial charge in [0.15, 0.2) is 0 Å². The van der Waals surface area contributed by atoms with Crippen molar-refractivity contribution in [2.75, 3.05) is 12.3 Å². The van der Waals surface area contributed by atoms with Gasteiger partial charge in [-0.3, -0.25) is 0 Å². The summed E-state index contributed by atoms with van der Waals surface area (Å²) in [7, 11) is 0. The second-order valence-electron chi connectivity index (χ2n) is 3.97. The number of rotatable bonds is 5. The highest BCUT2D eigenvalue weighted by atomic mass is 16.5. The van der Waals surface area contributed by atoms with Crippen LogP contribution in [-0.2, 0) is 6.54 Å². The highest BCUT2D eigenvalue weighted by Gasteiger charge is 1.98. The fourth-order valence-corrected chi connectivity index (χ4v) is 1.56. The number of ether oxygens (including phenoxy) is 1. The molecule has 2 heterocycles. The van der Waals surface area contributed by atoms with Gasteiger partial charge >= 0.3 is 0 Å². The van der Waals surface area contributed by atoms with Gasteiger partial charge in [-0.1, -0.05) is 13.0 Å². The third kappa shape index (κ3) is 3.24. The van der Waals surface area contributed by atoms with Gasteiger partial charge in [0.2, 0.25) is 5.88 Å². The van der Waals surface area contributed by atoms with E-state index in [4.69, 9.17) is 10.5 Å². The zero-order valence-electron chi connectivity index (χ0n) is 9.97. The molecule has 17 heavy (non-hydrogen) atoms. The van der Waals surface area contributed by atoms with E-state index in [0.29, 0.717) is 12.5 Å². The van der Waals surface area contributed by atoms with E-state index in [0.717, 1.165) is 24.2 Å². The van der Waals surface area contributed by atoms with Gasteiger partial charge in [0.25, 0.3) is 0 Å². The van der Waals surface area contributed by atoms with Crippen molar-refractivity contribution in [1.82, 2.24) is 9.55 Å². The molecule has 0 unspecified atom stereocenters. The van der Waals surface area contributed by atoms with E-state index in [2.05, 4.69) is 11.9 Å². The molecule has 0 amide bonds. The van der Waals surface area contributed by atoms with E-state index < -0.39 is 0 Å². The first kappa shape index (κ1) is 11.5. The summed E-state index contributed by atoms with van der Waals surface area (Å²) in [6.07, 6.45) is 6.69. The molecule has 0 aliphatic heterocycles. The summed E-state index contributed by atoms with van der Waals surface area (Å²) >= 11 is 0. The van der Waals surface area contributed by atoms with Crippen LogP contribution in [0.1, 0.15) is 18.9 Å². The van der Waals surface area contributed by atoms with E-state index in [1.54, 1.807) is 0 Å². The minimum absolute atomic E-state index is 0.683. The Kier molecular flexibility index (Phi) is 3.65. The zero-order chi connectivity index (χ0) is 12.1. The average Bonchev–Trinajstić information content (AvgIpc) is 2.74. The van der Waals surface area contributed by atoms with Crippen molar-refractivity contribution in [1.29, 1.82) is 0 Å². The monoisotopic (exact) mass is 231 g/mol. The SMILES string of the molecule is CCCOc1ccc(Cn2ccc(N)c2)cn1. The number of nitrogens with two attached hydrogens (primary N) is 1. The van der Waals surface area contributed by atoms with Crippen molar-refractivity contribution in [3.8, 4) is 5.88 Å². The van der Waals surface area contributed by atoms with Crippen LogP contribution in [0.5, 0.6) is 5.88 Å². The summed E-state index contributed by atoms with van der Waals surface area (Å²) in [6.45, 7) is 3.56. The quantitative estimate of drug-likeness (QED) is 0.859.